The predicted molar refractivity (Wildman–Crippen MR) is 93.5 cm³/mol. The van der Waals surface area contributed by atoms with Gasteiger partial charge in [-0.05, 0) is 22.9 Å². The van der Waals surface area contributed by atoms with Crippen LogP contribution in [0.25, 0.3) is 10.2 Å². The Morgan fingerprint density at radius 2 is 2.25 bits per heavy atom. The van der Waals surface area contributed by atoms with E-state index in [0.717, 1.165) is 4.88 Å². The number of hydrogen-bond donors (Lipinski definition) is 0. The molecular weight excluding hydrogens is 346 g/mol. The number of ether oxygens (including phenoxy) is 1. The molecular formula is C16H15N3O3S2. The smallest absolute Gasteiger partial charge is 0.262 e. The van der Waals surface area contributed by atoms with Crippen LogP contribution in [0, 0.1) is 0 Å². The maximum Gasteiger partial charge on any atom is 0.262 e. The number of carbonyl (C=O) groups is 1. The quantitative estimate of drug-likeness (QED) is 0.717. The molecule has 124 valence electrons. The Kier molecular flexibility index (Phi) is 4.17. The SMILES string of the molecule is O=C(Cn1cnc2sccc2c1=O)N1CCOC(c2cccs2)C1. The molecule has 24 heavy (non-hydrogen) atoms. The van der Waals surface area contributed by atoms with E-state index in [4.69, 9.17) is 4.74 Å². The Hall–Kier alpha value is -2.03. The first-order chi connectivity index (χ1) is 11.7. The van der Waals surface area contributed by atoms with E-state index in [2.05, 4.69) is 4.98 Å². The first kappa shape index (κ1) is 15.5. The molecule has 0 aliphatic carbocycles. The van der Waals surface area contributed by atoms with Crippen molar-refractivity contribution in [3.05, 3.63) is 50.5 Å². The molecule has 6 nitrogen and oxygen atoms in total. The van der Waals surface area contributed by atoms with Crippen LogP contribution in [-0.2, 0) is 16.1 Å². The van der Waals surface area contributed by atoms with Crippen LogP contribution in [-0.4, -0.2) is 40.1 Å². The van der Waals surface area contributed by atoms with Gasteiger partial charge >= 0.3 is 0 Å². The summed E-state index contributed by atoms with van der Waals surface area (Å²) in [5.74, 6) is -0.0849. The summed E-state index contributed by atoms with van der Waals surface area (Å²) < 4.78 is 7.14. The van der Waals surface area contributed by atoms with Crippen molar-refractivity contribution in [1.82, 2.24) is 14.5 Å². The minimum Gasteiger partial charge on any atom is -0.369 e. The number of thiophene rings is 2. The van der Waals surface area contributed by atoms with Crippen molar-refractivity contribution >= 4 is 38.8 Å². The number of nitrogens with zero attached hydrogens (tertiary/aromatic N) is 3. The average molecular weight is 361 g/mol. The third-order valence-corrected chi connectivity index (χ3v) is 5.82. The van der Waals surface area contributed by atoms with E-state index in [1.807, 2.05) is 22.9 Å². The number of aromatic nitrogens is 2. The zero-order valence-corrected chi connectivity index (χ0v) is 14.4. The van der Waals surface area contributed by atoms with Crippen molar-refractivity contribution < 1.29 is 9.53 Å². The molecule has 0 saturated carbocycles. The van der Waals surface area contributed by atoms with Gasteiger partial charge in [-0.15, -0.1) is 22.7 Å². The van der Waals surface area contributed by atoms with Crippen LogP contribution in [0.2, 0.25) is 0 Å². The minimum atomic E-state index is -0.169. The standard InChI is InChI=1S/C16H15N3O3S2/c20-14(9-19-10-17-15-11(16(19)21)3-7-24-15)18-4-5-22-12(8-18)13-2-1-6-23-13/h1-3,6-7,10,12H,4-5,8-9H2. The monoisotopic (exact) mass is 361 g/mol. The Morgan fingerprint density at radius 1 is 1.33 bits per heavy atom. The van der Waals surface area contributed by atoms with Gasteiger partial charge < -0.3 is 9.64 Å². The normalized spacial score (nSPS) is 18.2. The second-order valence-electron chi connectivity index (χ2n) is 5.53. The summed E-state index contributed by atoms with van der Waals surface area (Å²) in [6, 6.07) is 5.74. The Morgan fingerprint density at radius 3 is 3.08 bits per heavy atom. The molecule has 3 aromatic rings. The van der Waals surface area contributed by atoms with Gasteiger partial charge in [-0.1, -0.05) is 6.07 Å². The molecule has 1 unspecified atom stereocenters. The molecule has 1 saturated heterocycles. The molecule has 1 fully saturated rings. The largest absolute Gasteiger partial charge is 0.369 e. The summed E-state index contributed by atoms with van der Waals surface area (Å²) in [6.45, 7) is 1.58. The minimum absolute atomic E-state index is 0.00871. The van der Waals surface area contributed by atoms with Crippen LogP contribution >= 0.6 is 22.7 Å². The van der Waals surface area contributed by atoms with Gasteiger partial charge in [0.25, 0.3) is 5.56 Å². The highest BCUT2D eigenvalue weighted by Crippen LogP contribution is 2.26. The van der Waals surface area contributed by atoms with Gasteiger partial charge in [-0.2, -0.15) is 0 Å². The molecule has 0 bridgehead atoms. The summed E-state index contributed by atoms with van der Waals surface area (Å²) in [5, 5.41) is 4.40. The summed E-state index contributed by atoms with van der Waals surface area (Å²) in [6.07, 6.45) is 1.37. The zero-order chi connectivity index (χ0) is 16.5. The van der Waals surface area contributed by atoms with Crippen molar-refractivity contribution in [1.29, 1.82) is 0 Å². The van der Waals surface area contributed by atoms with Gasteiger partial charge in [0.1, 0.15) is 17.5 Å². The van der Waals surface area contributed by atoms with Crippen LogP contribution in [0.5, 0.6) is 0 Å². The molecule has 0 spiro atoms. The molecule has 1 atom stereocenters. The summed E-state index contributed by atoms with van der Waals surface area (Å²) in [4.78, 5) is 32.8. The summed E-state index contributed by atoms with van der Waals surface area (Å²) >= 11 is 3.05. The first-order valence-electron chi connectivity index (χ1n) is 7.58. The van der Waals surface area contributed by atoms with Gasteiger partial charge in [-0.3, -0.25) is 14.2 Å². The Balaban J connectivity index is 1.50. The topological polar surface area (TPSA) is 64.4 Å². The number of fused-ring (bicyclic) bond motifs is 1. The van der Waals surface area contributed by atoms with Gasteiger partial charge in [0, 0.05) is 11.4 Å². The lowest BCUT2D eigenvalue weighted by molar-refractivity contribution is -0.139. The summed E-state index contributed by atoms with van der Waals surface area (Å²) in [5.41, 5.74) is -0.169. The fourth-order valence-electron chi connectivity index (χ4n) is 2.77. The predicted octanol–water partition coefficient (Wildman–Crippen LogP) is 2.12. The Bertz CT molecular complexity index is 916. The van der Waals surface area contributed by atoms with Crippen LogP contribution in [0.15, 0.2) is 40.1 Å². The molecule has 1 aliphatic rings. The van der Waals surface area contributed by atoms with E-state index in [0.29, 0.717) is 29.9 Å². The third kappa shape index (κ3) is 2.88. The van der Waals surface area contributed by atoms with Crippen molar-refractivity contribution in [2.75, 3.05) is 19.7 Å². The molecule has 0 radical (unpaired) electrons. The van der Waals surface area contributed by atoms with Crippen molar-refractivity contribution in [2.45, 2.75) is 12.6 Å². The zero-order valence-electron chi connectivity index (χ0n) is 12.8. The lowest BCUT2D eigenvalue weighted by Crippen LogP contribution is -2.44. The number of morpholine rings is 1. The second kappa shape index (κ2) is 6.46. The van der Waals surface area contributed by atoms with Crippen molar-refractivity contribution in [2.24, 2.45) is 0 Å². The van der Waals surface area contributed by atoms with E-state index in [-0.39, 0.29) is 24.1 Å². The van der Waals surface area contributed by atoms with E-state index in [9.17, 15) is 9.59 Å². The van der Waals surface area contributed by atoms with Crippen LogP contribution in [0.1, 0.15) is 11.0 Å². The number of carbonyl (C=O) groups excluding carboxylic acids is 1. The fourth-order valence-corrected chi connectivity index (χ4v) is 4.26. The maximum absolute atomic E-state index is 12.6. The van der Waals surface area contributed by atoms with Gasteiger partial charge in [0.15, 0.2) is 0 Å². The van der Waals surface area contributed by atoms with Gasteiger partial charge in [0.05, 0.1) is 24.9 Å². The fraction of sp³-hybridized carbons (Fsp3) is 0.312. The lowest BCUT2D eigenvalue weighted by Gasteiger charge is -2.32. The number of rotatable bonds is 3. The molecule has 8 heteroatoms. The highest BCUT2D eigenvalue weighted by atomic mass is 32.1. The van der Waals surface area contributed by atoms with Crippen LogP contribution < -0.4 is 5.56 Å². The number of amides is 1. The van der Waals surface area contributed by atoms with Gasteiger partial charge in [0.2, 0.25) is 5.91 Å². The molecule has 0 aromatic carbocycles. The molecule has 4 heterocycles. The highest BCUT2D eigenvalue weighted by molar-refractivity contribution is 7.16. The van der Waals surface area contributed by atoms with Crippen molar-refractivity contribution in [3.63, 3.8) is 0 Å². The Labute approximate surface area is 145 Å². The number of hydrogen-bond acceptors (Lipinski definition) is 6. The van der Waals surface area contributed by atoms with E-state index >= 15 is 0 Å². The van der Waals surface area contributed by atoms with E-state index in [1.165, 1.54) is 22.2 Å². The van der Waals surface area contributed by atoms with Gasteiger partial charge in [-0.25, -0.2) is 4.98 Å². The lowest BCUT2D eigenvalue weighted by atomic mass is 10.2. The first-order valence-corrected chi connectivity index (χ1v) is 9.34. The van der Waals surface area contributed by atoms with E-state index in [1.54, 1.807) is 22.3 Å². The molecule has 4 rings (SSSR count). The average Bonchev–Trinajstić information content (AvgIpc) is 3.29. The molecule has 1 aliphatic heterocycles. The molecule has 3 aromatic heterocycles. The molecule has 0 N–H and O–H groups in total. The third-order valence-electron chi connectivity index (χ3n) is 4.04. The highest BCUT2D eigenvalue weighted by Gasteiger charge is 2.26. The summed E-state index contributed by atoms with van der Waals surface area (Å²) in [7, 11) is 0. The maximum atomic E-state index is 12.6. The van der Waals surface area contributed by atoms with E-state index < -0.39 is 0 Å². The van der Waals surface area contributed by atoms with Crippen LogP contribution in [0.3, 0.4) is 0 Å². The second-order valence-corrected chi connectivity index (χ2v) is 7.41. The molecule has 1 amide bonds. The van der Waals surface area contributed by atoms with Crippen molar-refractivity contribution in [3.8, 4) is 0 Å². The van der Waals surface area contributed by atoms with Crippen LogP contribution in [0.4, 0.5) is 0 Å².